The van der Waals surface area contributed by atoms with Gasteiger partial charge in [0.25, 0.3) is 0 Å². The minimum Gasteiger partial charge on any atom is -0.316 e. The van der Waals surface area contributed by atoms with Crippen molar-refractivity contribution in [1.29, 1.82) is 0 Å². The Kier molecular flexibility index (Phi) is 5.07. The Bertz CT molecular complexity index is 575. The highest BCUT2D eigenvalue weighted by molar-refractivity contribution is 7.89. The first-order chi connectivity index (χ1) is 9.44. The number of sulfonamides is 1. The van der Waals surface area contributed by atoms with Crippen LogP contribution in [0.2, 0.25) is 5.02 Å². The lowest BCUT2D eigenvalue weighted by Gasteiger charge is -2.18. The summed E-state index contributed by atoms with van der Waals surface area (Å²) in [6, 6.07) is 4.88. The van der Waals surface area contributed by atoms with Crippen molar-refractivity contribution < 1.29 is 8.42 Å². The van der Waals surface area contributed by atoms with Gasteiger partial charge in [-0.25, -0.2) is 13.1 Å². The van der Waals surface area contributed by atoms with E-state index in [1.807, 2.05) is 0 Å². The lowest BCUT2D eigenvalue weighted by atomic mass is 10.1. The predicted molar refractivity (Wildman–Crippen MR) is 81.3 cm³/mol. The number of hydrogen-bond donors (Lipinski definition) is 2. The zero-order chi connectivity index (χ0) is 14.8. The van der Waals surface area contributed by atoms with Gasteiger partial charge < -0.3 is 5.32 Å². The molecule has 0 aromatic heterocycles. The van der Waals surface area contributed by atoms with E-state index in [9.17, 15) is 8.42 Å². The van der Waals surface area contributed by atoms with E-state index in [0.29, 0.717) is 17.5 Å². The van der Waals surface area contributed by atoms with Crippen molar-refractivity contribution in [3.63, 3.8) is 0 Å². The van der Waals surface area contributed by atoms with Gasteiger partial charge in [-0.3, -0.25) is 0 Å². The van der Waals surface area contributed by atoms with Crippen LogP contribution in [-0.2, 0) is 16.6 Å². The molecule has 4 nitrogen and oxygen atoms in total. The maximum absolute atomic E-state index is 12.4. The summed E-state index contributed by atoms with van der Waals surface area (Å²) in [5.74, 6) is 0.397. The molecular weight excluding hydrogens is 296 g/mol. The first kappa shape index (κ1) is 15.8. The zero-order valence-corrected chi connectivity index (χ0v) is 13.4. The standard InChI is InChI=1S/C14H21ClN2O2S/c1-10-4-3-5-14(10)17-20(18,19)12-6-7-13(15)11(8-12)9-16-2/h6-8,10,14,16-17H,3-5,9H2,1-2H3. The van der Waals surface area contributed by atoms with Gasteiger partial charge in [-0.05, 0) is 49.6 Å². The van der Waals surface area contributed by atoms with Crippen molar-refractivity contribution in [1.82, 2.24) is 10.0 Å². The number of halogens is 1. The first-order valence-corrected chi connectivity index (χ1v) is 8.75. The minimum atomic E-state index is -3.47. The third-order valence-electron chi connectivity index (χ3n) is 3.86. The summed E-state index contributed by atoms with van der Waals surface area (Å²) in [5, 5.41) is 3.56. The molecule has 1 saturated carbocycles. The molecule has 0 radical (unpaired) electrons. The van der Waals surface area contributed by atoms with Crippen LogP contribution in [0.3, 0.4) is 0 Å². The van der Waals surface area contributed by atoms with Crippen molar-refractivity contribution >= 4 is 21.6 Å². The van der Waals surface area contributed by atoms with E-state index in [2.05, 4.69) is 17.0 Å². The van der Waals surface area contributed by atoms with E-state index in [1.54, 1.807) is 25.2 Å². The molecule has 0 aliphatic heterocycles. The fourth-order valence-corrected chi connectivity index (χ4v) is 4.25. The quantitative estimate of drug-likeness (QED) is 0.877. The minimum absolute atomic E-state index is 0.0448. The van der Waals surface area contributed by atoms with Gasteiger partial charge in [0.2, 0.25) is 10.0 Å². The van der Waals surface area contributed by atoms with E-state index in [4.69, 9.17) is 11.6 Å². The molecule has 0 saturated heterocycles. The van der Waals surface area contributed by atoms with Gasteiger partial charge >= 0.3 is 0 Å². The third-order valence-corrected chi connectivity index (χ3v) is 5.72. The summed E-state index contributed by atoms with van der Waals surface area (Å²) < 4.78 is 27.7. The SMILES string of the molecule is CNCc1cc(S(=O)(=O)NC2CCCC2C)ccc1Cl. The second kappa shape index (κ2) is 6.43. The van der Waals surface area contributed by atoms with Crippen LogP contribution in [0.15, 0.2) is 23.1 Å². The van der Waals surface area contributed by atoms with E-state index in [-0.39, 0.29) is 10.9 Å². The lowest BCUT2D eigenvalue weighted by molar-refractivity contribution is 0.476. The Morgan fingerprint density at radius 3 is 2.70 bits per heavy atom. The molecule has 1 aromatic carbocycles. The molecule has 0 bridgehead atoms. The third kappa shape index (κ3) is 3.52. The van der Waals surface area contributed by atoms with Crippen LogP contribution in [0.25, 0.3) is 0 Å². The number of hydrogen-bond acceptors (Lipinski definition) is 3. The van der Waals surface area contributed by atoms with Gasteiger partial charge in [0.05, 0.1) is 4.90 Å². The highest BCUT2D eigenvalue weighted by Gasteiger charge is 2.28. The predicted octanol–water partition coefficient (Wildman–Crippen LogP) is 2.53. The van der Waals surface area contributed by atoms with Crippen molar-refractivity contribution in [3.8, 4) is 0 Å². The Balaban J connectivity index is 2.22. The molecule has 1 aromatic rings. The highest BCUT2D eigenvalue weighted by atomic mass is 35.5. The molecule has 20 heavy (non-hydrogen) atoms. The van der Waals surface area contributed by atoms with Crippen molar-refractivity contribution in [2.24, 2.45) is 5.92 Å². The summed E-state index contributed by atoms with van der Waals surface area (Å²) >= 11 is 6.06. The molecular formula is C14H21ClN2O2S. The van der Waals surface area contributed by atoms with Crippen molar-refractivity contribution in [2.75, 3.05) is 7.05 Å². The summed E-state index contributed by atoms with van der Waals surface area (Å²) in [7, 11) is -1.67. The summed E-state index contributed by atoms with van der Waals surface area (Å²) in [6.07, 6.45) is 3.08. The lowest BCUT2D eigenvalue weighted by Crippen LogP contribution is -2.36. The molecule has 1 aliphatic carbocycles. The molecule has 1 fully saturated rings. The fourth-order valence-electron chi connectivity index (χ4n) is 2.63. The van der Waals surface area contributed by atoms with Crippen LogP contribution in [0.4, 0.5) is 0 Å². The van der Waals surface area contributed by atoms with E-state index >= 15 is 0 Å². The van der Waals surface area contributed by atoms with Gasteiger partial charge in [-0.15, -0.1) is 0 Å². The molecule has 0 heterocycles. The van der Waals surface area contributed by atoms with Crippen LogP contribution in [-0.4, -0.2) is 21.5 Å². The average molecular weight is 317 g/mol. The highest BCUT2D eigenvalue weighted by Crippen LogP contribution is 2.27. The van der Waals surface area contributed by atoms with Gasteiger partial charge in [-0.1, -0.05) is 24.9 Å². The first-order valence-electron chi connectivity index (χ1n) is 6.89. The zero-order valence-electron chi connectivity index (χ0n) is 11.8. The molecule has 2 N–H and O–H groups in total. The molecule has 1 aliphatic rings. The van der Waals surface area contributed by atoms with E-state index in [1.165, 1.54) is 0 Å². The van der Waals surface area contributed by atoms with Crippen LogP contribution < -0.4 is 10.0 Å². The second-order valence-electron chi connectivity index (χ2n) is 5.42. The molecule has 2 rings (SSSR count). The Morgan fingerprint density at radius 1 is 1.35 bits per heavy atom. The number of rotatable bonds is 5. The molecule has 0 amide bonds. The van der Waals surface area contributed by atoms with Gasteiger partial charge in [0, 0.05) is 17.6 Å². The topological polar surface area (TPSA) is 58.2 Å². The van der Waals surface area contributed by atoms with Crippen LogP contribution in [0, 0.1) is 5.92 Å². The summed E-state index contributed by atoms with van der Waals surface area (Å²) in [4.78, 5) is 0.284. The average Bonchev–Trinajstić information content (AvgIpc) is 2.77. The Labute approximate surface area is 126 Å². The fraction of sp³-hybridized carbons (Fsp3) is 0.571. The monoisotopic (exact) mass is 316 g/mol. The van der Waals surface area contributed by atoms with E-state index < -0.39 is 10.0 Å². The maximum Gasteiger partial charge on any atom is 0.240 e. The van der Waals surface area contributed by atoms with E-state index in [0.717, 1.165) is 24.8 Å². The second-order valence-corrected chi connectivity index (χ2v) is 7.54. The van der Waals surface area contributed by atoms with Crippen LogP contribution in [0.1, 0.15) is 31.7 Å². The van der Waals surface area contributed by atoms with Gasteiger partial charge in [0.1, 0.15) is 0 Å². The number of benzene rings is 1. The summed E-state index contributed by atoms with van der Waals surface area (Å²) in [6.45, 7) is 2.64. The molecule has 6 heteroatoms. The van der Waals surface area contributed by atoms with Crippen molar-refractivity contribution in [3.05, 3.63) is 28.8 Å². The maximum atomic E-state index is 12.4. The molecule has 2 unspecified atom stereocenters. The Morgan fingerprint density at radius 2 is 2.10 bits per heavy atom. The number of nitrogens with one attached hydrogen (secondary N) is 2. The van der Waals surface area contributed by atoms with Crippen LogP contribution >= 0.6 is 11.6 Å². The summed E-state index contributed by atoms with van der Waals surface area (Å²) in [5.41, 5.74) is 0.788. The largest absolute Gasteiger partial charge is 0.316 e. The smallest absolute Gasteiger partial charge is 0.240 e. The van der Waals surface area contributed by atoms with Crippen molar-refractivity contribution in [2.45, 2.75) is 43.7 Å². The van der Waals surface area contributed by atoms with Gasteiger partial charge in [0.15, 0.2) is 0 Å². The molecule has 2 atom stereocenters. The molecule has 0 spiro atoms. The van der Waals surface area contributed by atoms with Crippen LogP contribution in [0.5, 0.6) is 0 Å². The molecule has 112 valence electrons. The Hall–Kier alpha value is -0.620. The van der Waals surface area contributed by atoms with Gasteiger partial charge in [-0.2, -0.15) is 0 Å². The normalized spacial score (nSPS) is 23.1.